The van der Waals surface area contributed by atoms with Gasteiger partial charge in [0, 0.05) is 25.8 Å². The van der Waals surface area contributed by atoms with Crippen LogP contribution >= 0.6 is 0 Å². The van der Waals surface area contributed by atoms with Crippen LogP contribution in [0.4, 0.5) is 0 Å². The van der Waals surface area contributed by atoms with Crippen LogP contribution in [0.25, 0.3) is 21.9 Å². The van der Waals surface area contributed by atoms with E-state index in [1.807, 2.05) is 0 Å². The van der Waals surface area contributed by atoms with Crippen LogP contribution in [0.2, 0.25) is 13.1 Å². The molecule has 2 heteroatoms. The molecule has 1 aliphatic rings. The van der Waals surface area contributed by atoms with Crippen molar-refractivity contribution in [2.45, 2.75) is 113 Å². The van der Waals surface area contributed by atoms with Crippen molar-refractivity contribution >= 4 is 24.0 Å². The van der Waals surface area contributed by atoms with Gasteiger partial charge < -0.3 is 0 Å². The van der Waals surface area contributed by atoms with Gasteiger partial charge in [-0.1, -0.05) is 109 Å². The van der Waals surface area contributed by atoms with E-state index < -0.39 is 8.07 Å². The third-order valence-corrected chi connectivity index (χ3v) is 13.3. The molecule has 4 rings (SSSR count). The van der Waals surface area contributed by atoms with Crippen molar-refractivity contribution in [3.63, 3.8) is 0 Å². The molecule has 0 fully saturated rings. The van der Waals surface area contributed by atoms with Gasteiger partial charge in [-0.3, -0.25) is 0 Å². The van der Waals surface area contributed by atoms with E-state index in [1.165, 1.54) is 27.5 Å². The average molecular weight is 702 g/mol. The third-order valence-electron chi connectivity index (χ3n) is 9.41. The molecular weight excluding hydrogens is 651 g/mol. The summed E-state index contributed by atoms with van der Waals surface area (Å²) in [4.78, 5) is 0. The Balaban J connectivity index is 0.00000420. The van der Waals surface area contributed by atoms with Crippen molar-refractivity contribution in [3.8, 4) is 11.1 Å². The van der Waals surface area contributed by atoms with Crippen molar-refractivity contribution < 1.29 is 25.8 Å². The summed E-state index contributed by atoms with van der Waals surface area (Å²) in [7, 11) is -2.07. The molecule has 0 heterocycles. The molecule has 208 valence electrons. The summed E-state index contributed by atoms with van der Waals surface area (Å²) in [5.74, 6) is 0.956. The minimum Gasteiger partial charge on any atom is -0.168 e. The molecule has 1 atom stereocenters. The van der Waals surface area contributed by atoms with Crippen LogP contribution in [-0.4, -0.2) is 8.07 Å². The molecule has 0 bridgehead atoms. The maximum Gasteiger partial charge on any atom is 0.109 e. The molecule has 0 saturated carbocycles. The van der Waals surface area contributed by atoms with E-state index in [4.69, 9.17) is 0 Å². The average Bonchev–Trinajstić information content (AvgIpc) is 3.35. The largest absolute Gasteiger partial charge is 0.168 e. The molecule has 0 aliphatic heterocycles. The molecule has 3 aromatic carbocycles. The van der Waals surface area contributed by atoms with Gasteiger partial charge in [0.15, 0.2) is 0 Å². The Kier molecular flexibility index (Phi) is 8.89. The fraction of sp³-hybridized carbons (Fsp3) is 0.486. The van der Waals surface area contributed by atoms with Crippen molar-refractivity contribution in [1.82, 2.24) is 0 Å². The monoisotopic (exact) mass is 703 g/mol. The zero-order valence-corrected chi connectivity index (χ0v) is 31.8. The quantitative estimate of drug-likeness (QED) is 0.188. The van der Waals surface area contributed by atoms with Crippen LogP contribution in [0.3, 0.4) is 0 Å². The van der Waals surface area contributed by atoms with E-state index >= 15 is 0 Å². The van der Waals surface area contributed by atoms with Crippen molar-refractivity contribution in [3.05, 3.63) is 81.1 Å². The van der Waals surface area contributed by atoms with E-state index in [0.717, 1.165) is 0 Å². The molecule has 0 radical (unpaired) electrons. The Labute approximate surface area is 259 Å². The van der Waals surface area contributed by atoms with E-state index in [2.05, 4.69) is 139 Å². The predicted molar refractivity (Wildman–Crippen MR) is 174 cm³/mol. The summed E-state index contributed by atoms with van der Waals surface area (Å²) >= 11 is 0. The van der Waals surface area contributed by atoms with Gasteiger partial charge in [-0.15, -0.1) is 29.0 Å². The second-order valence-electron chi connectivity index (χ2n) is 14.8. The number of allylic oxidation sites excluding steroid dienone is 4. The smallest absolute Gasteiger partial charge is 0.109 e. The zero-order valence-electron chi connectivity index (χ0n) is 27.2. The zero-order chi connectivity index (χ0) is 28.5. The summed E-state index contributed by atoms with van der Waals surface area (Å²) in [6, 6.07) is 16.2. The Hall–Kier alpha value is -1.38. The molecule has 39 heavy (non-hydrogen) atoms. The molecule has 0 spiro atoms. The summed E-state index contributed by atoms with van der Waals surface area (Å²) in [5.41, 5.74) is 12.3. The van der Waals surface area contributed by atoms with Crippen LogP contribution in [0.15, 0.2) is 64.4 Å². The second-order valence-corrected chi connectivity index (χ2v) is 19.1. The van der Waals surface area contributed by atoms with E-state index in [-0.39, 0.29) is 36.7 Å². The van der Waals surface area contributed by atoms with Gasteiger partial charge in [-0.05, 0) is 76.5 Å². The minimum absolute atomic E-state index is 0. The first-order chi connectivity index (χ1) is 17.4. The van der Waals surface area contributed by atoms with Gasteiger partial charge >= 0.3 is 0 Å². The van der Waals surface area contributed by atoms with Crippen molar-refractivity contribution in [2.24, 2.45) is 5.92 Å². The Morgan fingerprint density at radius 2 is 1.46 bits per heavy atom. The fourth-order valence-electron chi connectivity index (χ4n) is 7.45. The fourth-order valence-corrected chi connectivity index (χ4v) is 12.4. The molecule has 1 aliphatic carbocycles. The number of benzene rings is 2. The minimum atomic E-state index is -2.07. The summed E-state index contributed by atoms with van der Waals surface area (Å²) < 4.78 is 0. The van der Waals surface area contributed by atoms with Crippen LogP contribution < -0.4 is 5.19 Å². The number of hydrogen-bond acceptors (Lipinski definition) is 0. The molecule has 1 unspecified atom stereocenters. The number of fused-ring (bicyclic) bond motifs is 1. The molecule has 0 amide bonds. The van der Waals surface area contributed by atoms with Crippen LogP contribution in [0.5, 0.6) is 0 Å². The van der Waals surface area contributed by atoms with Crippen LogP contribution in [0, 0.1) is 5.92 Å². The van der Waals surface area contributed by atoms with Gasteiger partial charge in [0.2, 0.25) is 0 Å². The summed E-state index contributed by atoms with van der Waals surface area (Å²) in [5, 5.41) is 6.15. The second kappa shape index (κ2) is 10.8. The topological polar surface area (TPSA) is 0 Å². The number of hydrogen-bond donors (Lipinski definition) is 0. The molecule has 0 nitrogen and oxygen atoms in total. The summed E-state index contributed by atoms with van der Waals surface area (Å²) in [6.45, 7) is 34.3. The molecule has 0 N–H and O–H groups in total. The Morgan fingerprint density at radius 1 is 0.846 bits per heavy atom. The maximum atomic E-state index is 2.65. The van der Waals surface area contributed by atoms with Gasteiger partial charge in [-0.2, -0.15) is 12.1 Å². The van der Waals surface area contributed by atoms with Crippen molar-refractivity contribution in [1.29, 1.82) is 0 Å². The van der Waals surface area contributed by atoms with Crippen molar-refractivity contribution in [2.75, 3.05) is 0 Å². The third kappa shape index (κ3) is 5.34. The first-order valence-corrected chi connectivity index (χ1v) is 17.7. The number of rotatable bonds is 4. The van der Waals surface area contributed by atoms with E-state index in [0.29, 0.717) is 11.8 Å². The standard InChI is InChI=1S/C37H51Si.Hf/c1-22(2)32-30(29-20-16-18-27-17-15-19-28(27)29)21-31(36(7,8)9)35(33(32)37(10,11)12)38(13,14)34-25(5)23(3)24(4)26(34)6;/h15-22,25H,1-14H3;/q-1;. The Bertz CT molecular complexity index is 1460. The van der Waals surface area contributed by atoms with E-state index in [9.17, 15) is 0 Å². The molecule has 3 aromatic rings. The maximum absolute atomic E-state index is 2.65. The van der Waals surface area contributed by atoms with Crippen LogP contribution in [0.1, 0.15) is 106 Å². The predicted octanol–water partition coefficient (Wildman–Crippen LogP) is 10.7. The van der Waals surface area contributed by atoms with Crippen LogP contribution in [-0.2, 0) is 36.7 Å². The van der Waals surface area contributed by atoms with Gasteiger partial charge in [-0.25, -0.2) is 0 Å². The first-order valence-electron chi connectivity index (χ1n) is 14.7. The molecular formula is C37H51HfSi-. The van der Waals surface area contributed by atoms with Gasteiger partial charge in [0.05, 0.1) is 0 Å². The Morgan fingerprint density at radius 3 is 1.95 bits per heavy atom. The normalized spacial score (nSPS) is 17.1. The molecule has 0 aromatic heterocycles. The SMILES string of the molecule is CC1=C(C)C(C)C([Si](C)(C)c2c(C(C)(C)C)cc(-c3cccc4[cH-]ccc34)c(C(C)C)c2C(C)(C)C)=C1C.[Hf]. The first kappa shape index (κ1) is 32.1. The van der Waals surface area contributed by atoms with Gasteiger partial charge in [0.1, 0.15) is 8.07 Å². The van der Waals surface area contributed by atoms with E-state index in [1.54, 1.807) is 38.2 Å². The van der Waals surface area contributed by atoms with Gasteiger partial charge in [0.25, 0.3) is 0 Å². The molecule has 0 saturated heterocycles. The summed E-state index contributed by atoms with van der Waals surface area (Å²) in [6.07, 6.45) is 0.